The van der Waals surface area contributed by atoms with Crippen molar-refractivity contribution in [3.05, 3.63) is 47.0 Å². The summed E-state index contributed by atoms with van der Waals surface area (Å²) in [6, 6.07) is 6.58. The summed E-state index contributed by atoms with van der Waals surface area (Å²) >= 11 is 5.99. The summed E-state index contributed by atoms with van der Waals surface area (Å²) in [6.07, 6.45) is -4.59. The summed E-state index contributed by atoms with van der Waals surface area (Å²) in [5.41, 5.74) is -1.15. The molecule has 0 fully saturated rings. The van der Waals surface area contributed by atoms with Crippen LogP contribution in [0.5, 0.6) is 11.5 Å². The van der Waals surface area contributed by atoms with E-state index in [0.717, 1.165) is 12.1 Å². The minimum Gasteiger partial charge on any atom is -0.495 e. The number of halogens is 4. The Hall–Kier alpha value is -2.61. The number of anilines is 2. The average Bonchev–Trinajstić information content (AvgIpc) is 2.54. The van der Waals surface area contributed by atoms with Crippen LogP contribution in [0.1, 0.15) is 5.56 Å². The number of ether oxygens (including phenoxy) is 2. The number of nitrogens with one attached hydrogen (secondary N) is 2. The van der Waals surface area contributed by atoms with Crippen LogP contribution in [0.3, 0.4) is 0 Å². The van der Waals surface area contributed by atoms with Gasteiger partial charge in [0.1, 0.15) is 11.5 Å². The normalized spacial score (nSPS) is 11.0. The standard InChI is InChI=1S/C16H14ClF3N2O3/c1-24-13-8-14(25-2)12(7-10(13)17)22-15(23)21-11-6-4-3-5-9(11)16(18,19)20/h3-8H,1-2H3,(H2,21,22,23). The number of rotatable bonds is 4. The molecular weight excluding hydrogens is 361 g/mol. The molecule has 0 atom stereocenters. The highest BCUT2D eigenvalue weighted by atomic mass is 35.5. The first kappa shape index (κ1) is 18.7. The van der Waals surface area contributed by atoms with Crippen LogP contribution in [0.15, 0.2) is 36.4 Å². The number of benzene rings is 2. The van der Waals surface area contributed by atoms with Crippen LogP contribution in [0.25, 0.3) is 0 Å². The smallest absolute Gasteiger partial charge is 0.418 e. The molecule has 0 saturated carbocycles. The zero-order valence-corrected chi connectivity index (χ0v) is 14.0. The summed E-state index contributed by atoms with van der Waals surface area (Å²) in [6.45, 7) is 0. The Morgan fingerprint density at radius 3 is 2.20 bits per heavy atom. The van der Waals surface area contributed by atoms with E-state index in [0.29, 0.717) is 5.75 Å². The fourth-order valence-corrected chi connectivity index (χ4v) is 2.31. The Labute approximate surface area is 146 Å². The third-order valence-electron chi connectivity index (χ3n) is 3.20. The first-order valence-corrected chi connectivity index (χ1v) is 7.29. The molecule has 2 aromatic rings. The summed E-state index contributed by atoms with van der Waals surface area (Å²) < 4.78 is 49.0. The molecule has 5 nitrogen and oxygen atoms in total. The second-order valence-corrected chi connectivity index (χ2v) is 5.22. The first-order valence-electron chi connectivity index (χ1n) is 6.92. The van der Waals surface area contributed by atoms with Gasteiger partial charge in [-0.05, 0) is 18.2 Å². The van der Waals surface area contributed by atoms with Crippen LogP contribution in [0.2, 0.25) is 5.02 Å². The van der Waals surface area contributed by atoms with Crippen molar-refractivity contribution in [3.8, 4) is 11.5 Å². The second-order valence-electron chi connectivity index (χ2n) is 4.81. The third-order valence-corrected chi connectivity index (χ3v) is 3.50. The number of carbonyl (C=O) groups excluding carboxylic acids is 1. The number of carbonyl (C=O) groups is 1. The van der Waals surface area contributed by atoms with Gasteiger partial charge in [0.2, 0.25) is 0 Å². The first-order chi connectivity index (χ1) is 11.8. The van der Waals surface area contributed by atoms with Gasteiger partial charge in [0.25, 0.3) is 0 Å². The fourth-order valence-electron chi connectivity index (χ4n) is 2.07. The zero-order chi connectivity index (χ0) is 18.6. The number of alkyl halides is 3. The minimum atomic E-state index is -4.59. The topological polar surface area (TPSA) is 59.6 Å². The van der Waals surface area contributed by atoms with Crippen LogP contribution in [-0.2, 0) is 6.18 Å². The minimum absolute atomic E-state index is 0.176. The van der Waals surface area contributed by atoms with Crippen molar-refractivity contribution < 1.29 is 27.4 Å². The molecule has 0 saturated heterocycles. The summed E-state index contributed by atoms with van der Waals surface area (Å²) in [5, 5.41) is 4.77. The van der Waals surface area contributed by atoms with E-state index in [-0.39, 0.29) is 22.1 Å². The van der Waals surface area contributed by atoms with Crippen molar-refractivity contribution in [3.63, 3.8) is 0 Å². The molecule has 0 radical (unpaired) electrons. The number of urea groups is 1. The fraction of sp³-hybridized carbons (Fsp3) is 0.188. The summed E-state index contributed by atoms with van der Waals surface area (Å²) in [5.74, 6) is 0.562. The predicted octanol–water partition coefficient (Wildman–Crippen LogP) is 5.02. The van der Waals surface area contributed by atoms with Gasteiger partial charge in [0, 0.05) is 6.07 Å². The lowest BCUT2D eigenvalue weighted by atomic mass is 10.1. The molecule has 2 amide bonds. The van der Waals surface area contributed by atoms with E-state index in [2.05, 4.69) is 10.6 Å². The molecule has 0 aliphatic carbocycles. The van der Waals surface area contributed by atoms with Gasteiger partial charge in [-0.3, -0.25) is 0 Å². The molecule has 25 heavy (non-hydrogen) atoms. The lowest BCUT2D eigenvalue weighted by molar-refractivity contribution is -0.136. The van der Waals surface area contributed by atoms with Crippen LogP contribution >= 0.6 is 11.6 Å². The molecule has 0 bridgehead atoms. The van der Waals surface area contributed by atoms with Gasteiger partial charge in [-0.2, -0.15) is 13.2 Å². The van der Waals surface area contributed by atoms with E-state index in [9.17, 15) is 18.0 Å². The SMILES string of the molecule is COc1cc(OC)c(NC(=O)Nc2ccccc2C(F)(F)F)cc1Cl. The Morgan fingerprint density at radius 2 is 1.60 bits per heavy atom. The van der Waals surface area contributed by atoms with Crippen molar-refractivity contribution in [1.82, 2.24) is 0 Å². The summed E-state index contributed by atoms with van der Waals surface area (Å²) in [4.78, 5) is 12.1. The molecule has 134 valence electrons. The number of hydrogen-bond donors (Lipinski definition) is 2. The number of hydrogen-bond acceptors (Lipinski definition) is 3. The summed E-state index contributed by atoms with van der Waals surface area (Å²) in [7, 11) is 2.78. The van der Waals surface area contributed by atoms with E-state index >= 15 is 0 Å². The molecule has 0 unspecified atom stereocenters. The van der Waals surface area contributed by atoms with Crippen molar-refractivity contribution in [2.45, 2.75) is 6.18 Å². The van der Waals surface area contributed by atoms with Crippen LogP contribution in [0, 0.1) is 0 Å². The number of para-hydroxylation sites is 1. The largest absolute Gasteiger partial charge is 0.495 e. The van der Waals surface area contributed by atoms with E-state index in [1.54, 1.807) is 0 Å². The maximum Gasteiger partial charge on any atom is 0.418 e. The monoisotopic (exact) mass is 374 g/mol. The zero-order valence-electron chi connectivity index (χ0n) is 13.2. The Kier molecular flexibility index (Phi) is 5.63. The van der Waals surface area contributed by atoms with Gasteiger partial charge in [0.15, 0.2) is 0 Å². The highest BCUT2D eigenvalue weighted by Gasteiger charge is 2.33. The Bertz CT molecular complexity index is 782. The second kappa shape index (κ2) is 7.52. The molecule has 0 aromatic heterocycles. The molecule has 2 rings (SSSR count). The Morgan fingerprint density at radius 1 is 1.00 bits per heavy atom. The lowest BCUT2D eigenvalue weighted by Crippen LogP contribution is -2.22. The molecule has 9 heteroatoms. The van der Waals surface area contributed by atoms with Crippen molar-refractivity contribution in [2.24, 2.45) is 0 Å². The van der Waals surface area contributed by atoms with Crippen LogP contribution in [0.4, 0.5) is 29.3 Å². The van der Waals surface area contributed by atoms with Gasteiger partial charge >= 0.3 is 12.2 Å². The van der Waals surface area contributed by atoms with Gasteiger partial charge in [-0.15, -0.1) is 0 Å². The molecule has 2 aromatic carbocycles. The maximum atomic E-state index is 13.0. The molecule has 0 heterocycles. The van der Waals surface area contributed by atoms with E-state index in [1.165, 1.54) is 38.5 Å². The number of methoxy groups -OCH3 is 2. The van der Waals surface area contributed by atoms with Gasteiger partial charge in [-0.25, -0.2) is 4.79 Å². The highest BCUT2D eigenvalue weighted by molar-refractivity contribution is 6.32. The van der Waals surface area contributed by atoms with Crippen molar-refractivity contribution in [1.29, 1.82) is 0 Å². The van der Waals surface area contributed by atoms with Crippen molar-refractivity contribution in [2.75, 3.05) is 24.9 Å². The molecular formula is C16H14ClF3N2O3. The van der Waals surface area contributed by atoms with Gasteiger partial charge in [-0.1, -0.05) is 23.7 Å². The molecule has 0 aliphatic heterocycles. The van der Waals surface area contributed by atoms with Crippen LogP contribution < -0.4 is 20.1 Å². The quantitative estimate of drug-likeness (QED) is 0.790. The van der Waals surface area contributed by atoms with Gasteiger partial charge < -0.3 is 20.1 Å². The van der Waals surface area contributed by atoms with Crippen LogP contribution in [-0.4, -0.2) is 20.3 Å². The van der Waals surface area contributed by atoms with E-state index in [1.807, 2.05) is 0 Å². The van der Waals surface area contributed by atoms with E-state index < -0.39 is 17.8 Å². The average molecular weight is 375 g/mol. The van der Waals surface area contributed by atoms with Gasteiger partial charge in [0.05, 0.1) is 36.2 Å². The Balaban J connectivity index is 2.23. The maximum absolute atomic E-state index is 13.0. The third kappa shape index (κ3) is 4.48. The van der Waals surface area contributed by atoms with Crippen molar-refractivity contribution >= 4 is 29.0 Å². The number of amides is 2. The predicted molar refractivity (Wildman–Crippen MR) is 88.6 cm³/mol. The van der Waals surface area contributed by atoms with E-state index in [4.69, 9.17) is 21.1 Å². The molecule has 0 spiro atoms. The highest BCUT2D eigenvalue weighted by Crippen LogP contribution is 2.37. The molecule has 2 N–H and O–H groups in total. The molecule has 0 aliphatic rings. The lowest BCUT2D eigenvalue weighted by Gasteiger charge is -2.16.